The molecule has 8 heteroatoms. The predicted octanol–water partition coefficient (Wildman–Crippen LogP) is 3.43. The van der Waals surface area contributed by atoms with E-state index < -0.39 is 10.9 Å². The number of hydrogen-bond donors (Lipinski definition) is 3. The second kappa shape index (κ2) is 13.0. The number of hydrogen-bond acceptors (Lipinski definition) is 5. The zero-order valence-electron chi connectivity index (χ0n) is 18.4. The van der Waals surface area contributed by atoms with Crippen molar-refractivity contribution in [2.45, 2.75) is 66.3 Å². The molecule has 0 bridgehead atoms. The maximum atomic E-state index is 12.5. The van der Waals surface area contributed by atoms with Gasteiger partial charge >= 0.3 is 0 Å². The molecule has 0 aliphatic heterocycles. The minimum absolute atomic E-state index is 0.0640. The van der Waals surface area contributed by atoms with Gasteiger partial charge in [-0.1, -0.05) is 39.0 Å². The van der Waals surface area contributed by atoms with Gasteiger partial charge in [-0.15, -0.1) is 0 Å². The maximum Gasteiger partial charge on any atom is 0.222 e. The quantitative estimate of drug-likeness (QED) is 0.345. The number of rotatable bonds is 12. The number of nitrogens with one attached hydrogen (secondary N) is 2. The van der Waals surface area contributed by atoms with Crippen LogP contribution in [0.5, 0.6) is 0 Å². The van der Waals surface area contributed by atoms with Crippen LogP contribution in [-0.4, -0.2) is 31.9 Å². The van der Waals surface area contributed by atoms with Gasteiger partial charge in [0.1, 0.15) is 5.78 Å². The highest BCUT2D eigenvalue weighted by molar-refractivity contribution is 7.73. The Morgan fingerprint density at radius 3 is 2.27 bits per heavy atom. The van der Waals surface area contributed by atoms with Crippen molar-refractivity contribution in [1.82, 2.24) is 5.32 Å². The van der Waals surface area contributed by atoms with E-state index in [4.69, 9.17) is 0 Å². The van der Waals surface area contributed by atoms with Crippen molar-refractivity contribution in [3.8, 4) is 0 Å². The summed E-state index contributed by atoms with van der Waals surface area (Å²) in [4.78, 5) is 28.9. The molecule has 0 saturated carbocycles. The highest BCUT2D eigenvalue weighted by Crippen LogP contribution is 2.13. The number of thiol groups is 1. The molecule has 0 heterocycles. The van der Waals surface area contributed by atoms with Crippen molar-refractivity contribution in [1.29, 1.82) is 0 Å². The van der Waals surface area contributed by atoms with Crippen LogP contribution in [0.25, 0.3) is 0 Å². The van der Waals surface area contributed by atoms with Crippen LogP contribution in [0.15, 0.2) is 41.0 Å². The molecule has 1 aromatic carbocycles. The van der Waals surface area contributed by atoms with Crippen LogP contribution in [-0.2, 0) is 26.9 Å². The van der Waals surface area contributed by atoms with Gasteiger partial charge in [-0.2, -0.15) is 0 Å². The van der Waals surface area contributed by atoms with Gasteiger partial charge in [-0.25, -0.2) is 8.42 Å². The van der Waals surface area contributed by atoms with Crippen LogP contribution in [0, 0.1) is 5.92 Å². The van der Waals surface area contributed by atoms with Crippen molar-refractivity contribution in [3.63, 3.8) is 0 Å². The molecule has 0 fully saturated rings. The standard InChI is InChI=1S/C22H33N3O4S/c1-6-18(7-2)23-16(5)20(24-22(27)13-12-21(26)15(3)4)14-17-8-10-19(11-9-17)25-30(28)29/h6,8-11,15,20,30H,7,12-14H2,1-5H3,(H,24,27)(H,25,28,29)/b18-6-,23-16+/t20-/m0/s1. The van der Waals surface area contributed by atoms with Gasteiger partial charge in [0.25, 0.3) is 0 Å². The molecule has 7 nitrogen and oxygen atoms in total. The number of carbonyl (C=O) groups excluding carboxylic acids is 2. The van der Waals surface area contributed by atoms with Crippen LogP contribution < -0.4 is 10.0 Å². The first-order valence-corrected chi connectivity index (χ1v) is 11.4. The molecule has 0 saturated heterocycles. The normalized spacial score (nSPS) is 13.4. The van der Waals surface area contributed by atoms with Crippen molar-refractivity contribution in [2.24, 2.45) is 10.9 Å². The zero-order chi connectivity index (χ0) is 22.7. The fourth-order valence-electron chi connectivity index (χ4n) is 2.80. The number of nitrogens with zero attached hydrogens (tertiary/aromatic N) is 1. The highest BCUT2D eigenvalue weighted by Gasteiger charge is 2.18. The van der Waals surface area contributed by atoms with E-state index in [1.54, 1.807) is 12.1 Å². The van der Waals surface area contributed by atoms with E-state index in [-0.39, 0.29) is 36.5 Å². The number of amides is 1. The third-order valence-corrected chi connectivity index (χ3v) is 5.15. The molecular weight excluding hydrogens is 402 g/mol. The summed E-state index contributed by atoms with van der Waals surface area (Å²) in [6.45, 7) is 9.47. The highest BCUT2D eigenvalue weighted by atomic mass is 32.2. The molecule has 0 aliphatic carbocycles. The molecule has 1 atom stereocenters. The monoisotopic (exact) mass is 435 g/mol. The van der Waals surface area contributed by atoms with Crippen LogP contribution in [0.1, 0.15) is 59.4 Å². The van der Waals surface area contributed by atoms with Crippen LogP contribution in [0.3, 0.4) is 0 Å². The Kier molecular flexibility index (Phi) is 11.0. The van der Waals surface area contributed by atoms with Gasteiger partial charge in [-0.05, 0) is 44.4 Å². The van der Waals surface area contributed by atoms with E-state index in [1.807, 2.05) is 52.8 Å². The lowest BCUT2D eigenvalue weighted by Crippen LogP contribution is -2.41. The number of anilines is 1. The number of Topliss-reactive ketones (excluding diaryl/α,β-unsaturated/α-hetero) is 1. The van der Waals surface area contributed by atoms with Crippen molar-refractivity contribution in [3.05, 3.63) is 41.6 Å². The number of carbonyl (C=O) groups is 2. The first-order chi connectivity index (χ1) is 14.2. The minimum Gasteiger partial charge on any atom is -0.348 e. The average molecular weight is 436 g/mol. The van der Waals surface area contributed by atoms with Crippen molar-refractivity contribution >= 4 is 34.0 Å². The largest absolute Gasteiger partial charge is 0.348 e. The van der Waals surface area contributed by atoms with Gasteiger partial charge < -0.3 is 5.32 Å². The van der Waals surface area contributed by atoms with Gasteiger partial charge in [-0.3, -0.25) is 19.3 Å². The summed E-state index contributed by atoms with van der Waals surface area (Å²) in [7, 11) is -2.71. The Morgan fingerprint density at radius 1 is 1.13 bits per heavy atom. The smallest absolute Gasteiger partial charge is 0.222 e. The Balaban J connectivity index is 2.97. The molecule has 1 aromatic rings. The lowest BCUT2D eigenvalue weighted by Gasteiger charge is -2.20. The summed E-state index contributed by atoms with van der Waals surface area (Å²) in [6, 6.07) is 6.65. The van der Waals surface area contributed by atoms with Crippen molar-refractivity contribution in [2.75, 3.05) is 4.72 Å². The van der Waals surface area contributed by atoms with E-state index in [0.29, 0.717) is 12.1 Å². The van der Waals surface area contributed by atoms with E-state index >= 15 is 0 Å². The average Bonchev–Trinajstić information content (AvgIpc) is 2.70. The lowest BCUT2D eigenvalue weighted by molar-refractivity contribution is -0.127. The summed E-state index contributed by atoms with van der Waals surface area (Å²) < 4.78 is 23.9. The molecule has 0 radical (unpaired) electrons. The summed E-state index contributed by atoms with van der Waals surface area (Å²) in [5, 5.41) is 3.00. The molecule has 2 N–H and O–H groups in total. The summed E-state index contributed by atoms with van der Waals surface area (Å²) in [5.41, 5.74) is 3.12. The van der Waals surface area contributed by atoms with Gasteiger partial charge in [0.2, 0.25) is 16.8 Å². The molecule has 166 valence electrons. The van der Waals surface area contributed by atoms with Crippen molar-refractivity contribution < 1.29 is 18.0 Å². The molecule has 0 spiro atoms. The second-order valence-electron chi connectivity index (χ2n) is 7.40. The lowest BCUT2D eigenvalue weighted by atomic mass is 10.0. The second-order valence-corrected chi connectivity index (χ2v) is 8.14. The SMILES string of the molecule is C/C=C(CC)\N=C(/C)[C@H](Cc1ccc(N[SH](=O)=O)cc1)NC(=O)CCC(=O)C(C)C. The van der Waals surface area contributed by atoms with E-state index in [0.717, 1.165) is 23.4 Å². The fourth-order valence-corrected chi connectivity index (χ4v) is 3.16. The van der Waals surface area contributed by atoms with Crippen LogP contribution >= 0.6 is 0 Å². The fraction of sp³-hybridized carbons (Fsp3) is 0.500. The zero-order valence-corrected chi connectivity index (χ0v) is 19.3. The van der Waals surface area contributed by atoms with Gasteiger partial charge in [0.15, 0.2) is 0 Å². The Labute approximate surface area is 181 Å². The molecule has 0 aromatic heterocycles. The first kappa shape index (κ1) is 25.6. The molecule has 30 heavy (non-hydrogen) atoms. The molecule has 0 unspecified atom stereocenters. The third-order valence-electron chi connectivity index (χ3n) is 4.71. The maximum absolute atomic E-state index is 12.5. The Hall–Kier alpha value is -2.48. The topological polar surface area (TPSA) is 105 Å². The van der Waals surface area contributed by atoms with Crippen LogP contribution in [0.4, 0.5) is 5.69 Å². The number of allylic oxidation sites excluding steroid dienone is 2. The van der Waals surface area contributed by atoms with Gasteiger partial charge in [0, 0.05) is 35.9 Å². The number of benzene rings is 1. The molecule has 1 rings (SSSR count). The first-order valence-electron chi connectivity index (χ1n) is 10.2. The summed E-state index contributed by atoms with van der Waals surface area (Å²) in [6.07, 6.45) is 3.59. The number of ketones is 1. The summed E-state index contributed by atoms with van der Waals surface area (Å²) in [5.74, 6) is -0.215. The molecule has 0 aliphatic rings. The number of aliphatic imine (C=N–C) groups is 1. The van der Waals surface area contributed by atoms with Crippen LogP contribution in [0.2, 0.25) is 0 Å². The Bertz CT molecular complexity index is 848. The van der Waals surface area contributed by atoms with Gasteiger partial charge in [0.05, 0.1) is 6.04 Å². The summed E-state index contributed by atoms with van der Waals surface area (Å²) >= 11 is 0. The molecular formula is C22H33N3O4S. The van der Waals surface area contributed by atoms with E-state index in [2.05, 4.69) is 15.0 Å². The molecule has 1 amide bonds. The van der Waals surface area contributed by atoms with E-state index in [1.165, 1.54) is 0 Å². The van der Waals surface area contributed by atoms with E-state index in [9.17, 15) is 18.0 Å². The minimum atomic E-state index is -2.71. The predicted molar refractivity (Wildman–Crippen MR) is 122 cm³/mol. The third kappa shape index (κ3) is 9.35. The Morgan fingerprint density at radius 2 is 1.77 bits per heavy atom.